The van der Waals surface area contributed by atoms with E-state index >= 15 is 0 Å². The SMILES string of the molecule is CC(C)NCc1sc(C2CSCCO2)nc1C(F)(F)F. The summed E-state index contributed by atoms with van der Waals surface area (Å²) in [5.41, 5.74) is -0.773. The first-order valence-corrected chi connectivity index (χ1v) is 8.34. The van der Waals surface area contributed by atoms with Gasteiger partial charge in [-0.15, -0.1) is 11.3 Å². The molecule has 1 N–H and O–H groups in total. The molecular formula is C12H17F3N2OS2. The second-order valence-corrected chi connectivity index (χ2v) is 7.06. The van der Waals surface area contributed by atoms with Gasteiger partial charge in [0.15, 0.2) is 5.69 Å². The predicted molar refractivity (Wildman–Crippen MR) is 75.1 cm³/mol. The fourth-order valence-corrected chi connectivity index (χ4v) is 3.82. The van der Waals surface area contributed by atoms with E-state index in [0.717, 1.165) is 17.1 Å². The molecule has 0 amide bonds. The highest BCUT2D eigenvalue weighted by atomic mass is 32.2. The zero-order valence-corrected chi connectivity index (χ0v) is 12.9. The minimum Gasteiger partial charge on any atom is -0.369 e. The Kier molecular flexibility index (Phi) is 5.33. The van der Waals surface area contributed by atoms with Crippen LogP contribution in [0, 0.1) is 0 Å². The number of hydrogen-bond donors (Lipinski definition) is 1. The van der Waals surface area contributed by atoms with Gasteiger partial charge in [-0.05, 0) is 0 Å². The van der Waals surface area contributed by atoms with Crippen molar-refractivity contribution in [3.05, 3.63) is 15.6 Å². The summed E-state index contributed by atoms with van der Waals surface area (Å²) in [6, 6.07) is 0.128. The number of thiazole rings is 1. The molecule has 0 saturated carbocycles. The van der Waals surface area contributed by atoms with Gasteiger partial charge in [-0.3, -0.25) is 0 Å². The average molecular weight is 326 g/mol. The molecule has 1 aliphatic rings. The van der Waals surface area contributed by atoms with Crippen LogP contribution in [0.1, 0.15) is 35.5 Å². The summed E-state index contributed by atoms with van der Waals surface area (Å²) in [6.07, 6.45) is -4.72. The third kappa shape index (κ3) is 4.09. The third-order valence-corrected chi connectivity index (χ3v) is 4.89. The van der Waals surface area contributed by atoms with Crippen molar-refractivity contribution >= 4 is 23.1 Å². The van der Waals surface area contributed by atoms with Crippen LogP contribution in [0.2, 0.25) is 0 Å². The maximum Gasteiger partial charge on any atom is 0.434 e. The van der Waals surface area contributed by atoms with Gasteiger partial charge in [0.05, 0.1) is 11.5 Å². The van der Waals surface area contributed by atoms with E-state index in [1.165, 1.54) is 0 Å². The molecule has 1 saturated heterocycles. The molecule has 1 aliphatic heterocycles. The number of nitrogens with zero attached hydrogens (tertiary/aromatic N) is 1. The molecule has 1 atom stereocenters. The monoisotopic (exact) mass is 326 g/mol. The second-order valence-electron chi connectivity index (χ2n) is 4.79. The van der Waals surface area contributed by atoms with E-state index in [1.807, 2.05) is 13.8 Å². The minimum atomic E-state index is -4.41. The van der Waals surface area contributed by atoms with E-state index in [-0.39, 0.29) is 23.6 Å². The Morgan fingerprint density at radius 3 is 2.75 bits per heavy atom. The lowest BCUT2D eigenvalue weighted by atomic mass is 10.3. The summed E-state index contributed by atoms with van der Waals surface area (Å²) in [4.78, 5) is 4.03. The number of thioether (sulfide) groups is 1. The number of hydrogen-bond acceptors (Lipinski definition) is 5. The molecule has 0 radical (unpaired) electrons. The molecule has 0 aliphatic carbocycles. The Labute approximate surface area is 124 Å². The highest BCUT2D eigenvalue weighted by Gasteiger charge is 2.38. The maximum absolute atomic E-state index is 13.0. The van der Waals surface area contributed by atoms with Gasteiger partial charge in [-0.25, -0.2) is 4.98 Å². The number of rotatable bonds is 4. The topological polar surface area (TPSA) is 34.1 Å². The van der Waals surface area contributed by atoms with Gasteiger partial charge in [0.2, 0.25) is 0 Å². The van der Waals surface area contributed by atoms with Crippen molar-refractivity contribution in [2.24, 2.45) is 0 Å². The van der Waals surface area contributed by atoms with Crippen molar-refractivity contribution in [1.29, 1.82) is 0 Å². The molecular weight excluding hydrogens is 309 g/mol. The summed E-state index contributed by atoms with van der Waals surface area (Å²) in [5, 5.41) is 3.45. The highest BCUT2D eigenvalue weighted by molar-refractivity contribution is 7.99. The number of alkyl halides is 3. The molecule has 8 heteroatoms. The van der Waals surface area contributed by atoms with E-state index in [0.29, 0.717) is 17.4 Å². The molecule has 0 spiro atoms. The molecule has 0 aromatic carbocycles. The van der Waals surface area contributed by atoms with Crippen LogP contribution in [-0.2, 0) is 17.5 Å². The third-order valence-electron chi connectivity index (χ3n) is 2.74. The van der Waals surface area contributed by atoms with E-state index in [4.69, 9.17) is 4.74 Å². The number of aromatic nitrogens is 1. The van der Waals surface area contributed by atoms with Crippen LogP contribution in [-0.4, -0.2) is 29.1 Å². The van der Waals surface area contributed by atoms with Crippen molar-refractivity contribution in [3.8, 4) is 0 Å². The molecule has 0 bridgehead atoms. The number of halogens is 3. The average Bonchev–Trinajstić information content (AvgIpc) is 2.81. The molecule has 2 rings (SSSR count). The minimum absolute atomic E-state index is 0.128. The van der Waals surface area contributed by atoms with Crippen LogP contribution in [0.4, 0.5) is 13.2 Å². The van der Waals surface area contributed by atoms with Gasteiger partial charge in [0, 0.05) is 24.1 Å². The summed E-state index contributed by atoms with van der Waals surface area (Å²) in [6.45, 7) is 4.55. The zero-order valence-electron chi connectivity index (χ0n) is 11.3. The number of ether oxygens (including phenoxy) is 1. The Morgan fingerprint density at radius 2 is 2.20 bits per heavy atom. The van der Waals surface area contributed by atoms with Crippen molar-refractivity contribution in [2.75, 3.05) is 18.1 Å². The van der Waals surface area contributed by atoms with E-state index in [2.05, 4.69) is 10.3 Å². The molecule has 3 nitrogen and oxygen atoms in total. The lowest BCUT2D eigenvalue weighted by Crippen LogP contribution is -2.23. The molecule has 2 heterocycles. The Hall–Kier alpha value is -0.310. The molecule has 1 unspecified atom stereocenters. The first kappa shape index (κ1) is 16.1. The van der Waals surface area contributed by atoms with Crippen LogP contribution in [0.15, 0.2) is 0 Å². The summed E-state index contributed by atoms with van der Waals surface area (Å²) in [5.74, 6) is 1.55. The van der Waals surface area contributed by atoms with E-state index in [9.17, 15) is 13.2 Å². The normalized spacial score (nSPS) is 20.6. The Morgan fingerprint density at radius 1 is 1.45 bits per heavy atom. The lowest BCUT2D eigenvalue weighted by Gasteiger charge is -2.19. The van der Waals surface area contributed by atoms with E-state index in [1.54, 1.807) is 11.8 Å². The molecule has 114 valence electrons. The predicted octanol–water partition coefficient (Wildman–Crippen LogP) is 3.46. The smallest absolute Gasteiger partial charge is 0.369 e. The molecule has 1 aromatic rings. The summed E-state index contributed by atoms with van der Waals surface area (Å²) >= 11 is 2.79. The van der Waals surface area contributed by atoms with Crippen molar-refractivity contribution in [3.63, 3.8) is 0 Å². The van der Waals surface area contributed by atoms with E-state index < -0.39 is 11.9 Å². The first-order chi connectivity index (χ1) is 9.38. The quantitative estimate of drug-likeness (QED) is 0.919. The largest absolute Gasteiger partial charge is 0.434 e. The highest BCUT2D eigenvalue weighted by Crippen LogP contribution is 2.38. The summed E-state index contributed by atoms with van der Waals surface area (Å²) in [7, 11) is 0. The molecule has 1 aromatic heterocycles. The van der Waals surface area contributed by atoms with Gasteiger partial charge in [0.1, 0.15) is 11.1 Å². The van der Waals surface area contributed by atoms with Gasteiger partial charge < -0.3 is 10.1 Å². The van der Waals surface area contributed by atoms with Crippen LogP contribution >= 0.6 is 23.1 Å². The zero-order chi connectivity index (χ0) is 14.8. The fraction of sp³-hybridized carbons (Fsp3) is 0.750. The van der Waals surface area contributed by atoms with Crippen molar-refractivity contribution < 1.29 is 17.9 Å². The molecule has 20 heavy (non-hydrogen) atoms. The fourth-order valence-electron chi connectivity index (χ4n) is 1.78. The van der Waals surface area contributed by atoms with Crippen LogP contribution in [0.25, 0.3) is 0 Å². The number of nitrogens with one attached hydrogen (secondary N) is 1. The molecule has 1 fully saturated rings. The summed E-state index contributed by atoms with van der Waals surface area (Å²) < 4.78 is 44.6. The second kappa shape index (κ2) is 6.64. The standard InChI is InChI=1S/C12H17F3N2OS2/c1-7(2)16-5-9-10(12(13,14)15)17-11(20-9)8-6-19-4-3-18-8/h7-8,16H,3-6H2,1-2H3. The Bertz CT molecular complexity index is 442. The van der Waals surface area contributed by atoms with Crippen molar-refractivity contribution in [1.82, 2.24) is 10.3 Å². The van der Waals surface area contributed by atoms with Gasteiger partial charge in [0.25, 0.3) is 0 Å². The first-order valence-electron chi connectivity index (χ1n) is 6.37. The Balaban J connectivity index is 2.21. The van der Waals surface area contributed by atoms with Crippen LogP contribution in [0.3, 0.4) is 0 Å². The van der Waals surface area contributed by atoms with Crippen LogP contribution < -0.4 is 5.32 Å². The van der Waals surface area contributed by atoms with Gasteiger partial charge in [-0.1, -0.05) is 13.8 Å². The lowest BCUT2D eigenvalue weighted by molar-refractivity contribution is -0.141. The van der Waals surface area contributed by atoms with Gasteiger partial charge in [-0.2, -0.15) is 24.9 Å². The van der Waals surface area contributed by atoms with Gasteiger partial charge >= 0.3 is 6.18 Å². The van der Waals surface area contributed by atoms with Crippen LogP contribution in [0.5, 0.6) is 0 Å². The maximum atomic E-state index is 13.0. The van der Waals surface area contributed by atoms with Crippen molar-refractivity contribution in [2.45, 2.75) is 38.7 Å².